The van der Waals surface area contributed by atoms with E-state index in [9.17, 15) is 15.3 Å². The first-order chi connectivity index (χ1) is 17.0. The van der Waals surface area contributed by atoms with Crippen LogP contribution in [0.4, 0.5) is 11.4 Å². The molecule has 1 unspecified atom stereocenters. The summed E-state index contributed by atoms with van der Waals surface area (Å²) in [7, 11) is 0. The highest BCUT2D eigenvalue weighted by molar-refractivity contribution is 7.99. The fourth-order valence-electron chi connectivity index (χ4n) is 3.48. The molecule has 7 nitrogen and oxygen atoms in total. The smallest absolute Gasteiger partial charge is 0.192 e. The van der Waals surface area contributed by atoms with Crippen LogP contribution in [-0.4, -0.2) is 31.8 Å². The predicted octanol–water partition coefficient (Wildman–Crippen LogP) is 4.70. The number of aromatic hydroxyl groups is 1. The highest BCUT2D eigenvalue weighted by Crippen LogP contribution is 2.27. The number of aliphatic hydroxyl groups is 2. The van der Waals surface area contributed by atoms with E-state index in [0.717, 1.165) is 39.1 Å². The number of hydrogen-bond donors (Lipinski definition) is 5. The molecule has 1 atom stereocenters. The van der Waals surface area contributed by atoms with E-state index in [4.69, 9.17) is 0 Å². The molecular formula is C27H28N4O3S. The van der Waals surface area contributed by atoms with E-state index in [2.05, 4.69) is 32.7 Å². The Hall–Kier alpha value is -3.43. The zero-order valence-corrected chi connectivity index (χ0v) is 20.2. The molecule has 0 bridgehead atoms. The van der Waals surface area contributed by atoms with Crippen LogP contribution in [0.2, 0.25) is 0 Å². The molecule has 0 fully saturated rings. The summed E-state index contributed by atoms with van der Waals surface area (Å²) < 4.78 is 0. The van der Waals surface area contributed by atoms with Crippen LogP contribution in [0, 0.1) is 6.92 Å². The van der Waals surface area contributed by atoms with Gasteiger partial charge in [0.15, 0.2) is 5.16 Å². The first kappa shape index (κ1) is 24.7. The molecule has 1 heterocycles. The molecule has 180 valence electrons. The molecule has 3 aromatic carbocycles. The van der Waals surface area contributed by atoms with Gasteiger partial charge in [0.25, 0.3) is 0 Å². The monoisotopic (exact) mass is 488 g/mol. The molecule has 1 aromatic heterocycles. The average Bonchev–Trinajstić information content (AvgIpc) is 2.86. The Bertz CT molecular complexity index is 1250. The lowest BCUT2D eigenvalue weighted by atomic mass is 10.1. The molecule has 0 aliphatic heterocycles. The van der Waals surface area contributed by atoms with E-state index in [0.29, 0.717) is 17.7 Å². The van der Waals surface area contributed by atoms with Gasteiger partial charge in [0.05, 0.1) is 6.61 Å². The molecule has 0 saturated heterocycles. The Morgan fingerprint density at radius 1 is 0.943 bits per heavy atom. The Balaban J connectivity index is 1.26. The van der Waals surface area contributed by atoms with E-state index in [1.165, 1.54) is 17.8 Å². The Morgan fingerprint density at radius 3 is 2.34 bits per heavy atom. The van der Waals surface area contributed by atoms with Crippen LogP contribution >= 0.6 is 11.8 Å². The summed E-state index contributed by atoms with van der Waals surface area (Å²) in [6.45, 7) is 2.25. The number of aryl methyl sites for hydroxylation is 1. The molecule has 8 heteroatoms. The molecule has 4 aromatic rings. The Kier molecular flexibility index (Phi) is 8.33. The first-order valence-corrected chi connectivity index (χ1v) is 12.1. The highest BCUT2D eigenvalue weighted by atomic mass is 32.2. The van der Waals surface area contributed by atoms with Crippen LogP contribution in [0.1, 0.15) is 28.6 Å². The van der Waals surface area contributed by atoms with Crippen LogP contribution in [0.3, 0.4) is 0 Å². The maximum atomic E-state index is 10.3. The van der Waals surface area contributed by atoms with Crippen LogP contribution in [0.15, 0.2) is 89.0 Å². The van der Waals surface area contributed by atoms with Crippen molar-refractivity contribution in [2.75, 3.05) is 11.9 Å². The summed E-state index contributed by atoms with van der Waals surface area (Å²) >= 11 is 1.53. The average molecular weight is 489 g/mol. The van der Waals surface area contributed by atoms with E-state index in [-0.39, 0.29) is 12.4 Å². The number of rotatable bonds is 10. The van der Waals surface area contributed by atoms with Gasteiger partial charge in [-0.05, 0) is 90.8 Å². The van der Waals surface area contributed by atoms with Gasteiger partial charge >= 0.3 is 0 Å². The lowest BCUT2D eigenvalue weighted by Crippen LogP contribution is -2.23. The number of phenols is 1. The Morgan fingerprint density at radius 2 is 1.66 bits per heavy atom. The van der Waals surface area contributed by atoms with Crippen LogP contribution in [0.25, 0.3) is 0 Å². The molecule has 4 rings (SSSR count). The van der Waals surface area contributed by atoms with Crippen molar-refractivity contribution < 1.29 is 15.3 Å². The number of nitrogens with one attached hydrogen (secondary N) is 2. The normalized spacial score (nSPS) is 11.9. The van der Waals surface area contributed by atoms with Crippen molar-refractivity contribution in [2.24, 2.45) is 0 Å². The number of aromatic nitrogens is 2. The molecule has 0 saturated carbocycles. The van der Waals surface area contributed by atoms with E-state index in [1.807, 2.05) is 49.4 Å². The lowest BCUT2D eigenvalue weighted by Gasteiger charge is -2.15. The SMILES string of the molecule is Cc1ccnc(Sc2ccc(Nc3ccc(CCNC(O)c4ccc(O)c(CO)c4)cc3)cc2)n1. The Labute approximate surface area is 208 Å². The summed E-state index contributed by atoms with van der Waals surface area (Å²) in [5, 5.41) is 36.5. The minimum atomic E-state index is -0.875. The lowest BCUT2D eigenvalue weighted by molar-refractivity contribution is 0.139. The number of hydrogen-bond acceptors (Lipinski definition) is 8. The standard InChI is InChI=1S/C27H28N4O3S/c1-18-12-14-29-27(30-18)35-24-9-7-23(8-10-24)31-22-5-2-19(3-6-22)13-15-28-26(34)20-4-11-25(33)21(16-20)17-32/h2-12,14,16,26,28,31-34H,13,15,17H2,1H3. The van der Waals surface area contributed by atoms with Gasteiger partial charge in [-0.1, -0.05) is 18.2 Å². The van der Waals surface area contributed by atoms with Crippen molar-refractivity contribution in [3.8, 4) is 5.75 Å². The molecule has 0 aliphatic rings. The van der Waals surface area contributed by atoms with Crippen molar-refractivity contribution in [2.45, 2.75) is 36.2 Å². The second-order valence-corrected chi connectivity index (χ2v) is 9.12. The number of benzene rings is 3. The van der Waals surface area contributed by atoms with Gasteiger partial charge in [0, 0.05) is 40.3 Å². The van der Waals surface area contributed by atoms with Crippen LogP contribution in [0.5, 0.6) is 5.75 Å². The van der Waals surface area contributed by atoms with Crippen molar-refractivity contribution in [1.29, 1.82) is 0 Å². The third-order valence-electron chi connectivity index (χ3n) is 5.42. The maximum absolute atomic E-state index is 10.3. The second kappa shape index (κ2) is 11.8. The van der Waals surface area contributed by atoms with Crippen molar-refractivity contribution in [3.63, 3.8) is 0 Å². The van der Waals surface area contributed by atoms with Crippen molar-refractivity contribution >= 4 is 23.1 Å². The van der Waals surface area contributed by atoms with Gasteiger partial charge in [0.1, 0.15) is 12.0 Å². The molecule has 0 radical (unpaired) electrons. The topological polar surface area (TPSA) is 111 Å². The first-order valence-electron chi connectivity index (χ1n) is 11.3. The zero-order valence-electron chi connectivity index (χ0n) is 19.3. The largest absolute Gasteiger partial charge is 0.508 e. The third kappa shape index (κ3) is 7.03. The van der Waals surface area contributed by atoms with Gasteiger partial charge in [-0.15, -0.1) is 0 Å². The number of nitrogens with zero attached hydrogens (tertiary/aromatic N) is 2. The van der Waals surface area contributed by atoms with Gasteiger partial charge < -0.3 is 20.6 Å². The zero-order chi connectivity index (χ0) is 24.6. The molecule has 0 spiro atoms. The fourth-order valence-corrected chi connectivity index (χ4v) is 4.27. The van der Waals surface area contributed by atoms with Gasteiger partial charge in [-0.2, -0.15) is 0 Å². The van der Waals surface area contributed by atoms with E-state index < -0.39 is 6.23 Å². The summed E-state index contributed by atoms with van der Waals surface area (Å²) in [6, 6.07) is 22.9. The quantitative estimate of drug-likeness (QED) is 0.161. The van der Waals surface area contributed by atoms with E-state index in [1.54, 1.807) is 18.3 Å². The van der Waals surface area contributed by atoms with Crippen LogP contribution in [-0.2, 0) is 13.0 Å². The fraction of sp³-hybridized carbons (Fsp3) is 0.185. The third-order valence-corrected chi connectivity index (χ3v) is 6.31. The predicted molar refractivity (Wildman–Crippen MR) is 138 cm³/mol. The van der Waals surface area contributed by atoms with Crippen LogP contribution < -0.4 is 10.6 Å². The molecular weight excluding hydrogens is 460 g/mol. The summed E-state index contributed by atoms with van der Waals surface area (Å²) in [5.74, 6) is 0.0174. The molecule has 0 aliphatic carbocycles. The number of aliphatic hydroxyl groups excluding tert-OH is 2. The van der Waals surface area contributed by atoms with Crippen molar-refractivity contribution in [3.05, 3.63) is 101 Å². The van der Waals surface area contributed by atoms with Gasteiger partial charge in [-0.3, -0.25) is 5.32 Å². The maximum Gasteiger partial charge on any atom is 0.192 e. The molecule has 0 amide bonds. The minimum Gasteiger partial charge on any atom is -0.508 e. The van der Waals surface area contributed by atoms with E-state index >= 15 is 0 Å². The number of anilines is 2. The highest BCUT2D eigenvalue weighted by Gasteiger charge is 2.10. The molecule has 35 heavy (non-hydrogen) atoms. The minimum absolute atomic E-state index is 0.0174. The van der Waals surface area contributed by atoms with Crippen molar-refractivity contribution in [1.82, 2.24) is 15.3 Å². The summed E-state index contributed by atoms with van der Waals surface area (Å²) in [6.07, 6.45) is 1.64. The summed E-state index contributed by atoms with van der Waals surface area (Å²) in [5.41, 5.74) is 5.06. The molecule has 5 N–H and O–H groups in total. The van der Waals surface area contributed by atoms with Gasteiger partial charge in [0.2, 0.25) is 0 Å². The second-order valence-electron chi connectivity index (χ2n) is 8.08. The summed E-state index contributed by atoms with van der Waals surface area (Å²) in [4.78, 5) is 9.79. The van der Waals surface area contributed by atoms with Gasteiger partial charge in [-0.25, -0.2) is 9.97 Å².